The number of halogens is 1. The second kappa shape index (κ2) is 6.82. The van der Waals surface area contributed by atoms with E-state index in [1.807, 2.05) is 54.6 Å². The van der Waals surface area contributed by atoms with Crippen LogP contribution >= 0.6 is 11.6 Å². The molecule has 104 valence electrons. The lowest BCUT2D eigenvalue weighted by atomic mass is 9.98. The van der Waals surface area contributed by atoms with Gasteiger partial charge in [-0.25, -0.2) is 0 Å². The minimum absolute atomic E-state index is 0.163. The van der Waals surface area contributed by atoms with Gasteiger partial charge >= 0.3 is 0 Å². The van der Waals surface area contributed by atoms with Crippen molar-refractivity contribution in [2.24, 2.45) is 10.9 Å². The smallest absolute Gasteiger partial charge is 0.148 e. The number of oxime groups is 1. The third-order valence-corrected chi connectivity index (χ3v) is 3.37. The van der Waals surface area contributed by atoms with Crippen LogP contribution in [0.3, 0.4) is 0 Å². The highest BCUT2D eigenvalue weighted by atomic mass is 35.5. The van der Waals surface area contributed by atoms with E-state index in [2.05, 4.69) is 10.5 Å². The summed E-state index contributed by atoms with van der Waals surface area (Å²) in [5.41, 5.74) is 7.57. The largest absolute Gasteiger partial charge is 0.409 e. The molecule has 0 saturated carbocycles. The Morgan fingerprint density at radius 3 is 2.45 bits per heavy atom. The molecule has 2 aromatic carbocycles. The van der Waals surface area contributed by atoms with E-state index in [9.17, 15) is 0 Å². The van der Waals surface area contributed by atoms with E-state index < -0.39 is 0 Å². The zero-order valence-corrected chi connectivity index (χ0v) is 11.6. The Balaban J connectivity index is 2.16. The number of nitrogens with zero attached hydrogens (tertiary/aromatic N) is 1. The Bertz CT molecular complexity index is 587. The van der Waals surface area contributed by atoms with Crippen LogP contribution < -0.4 is 11.1 Å². The van der Waals surface area contributed by atoms with Crippen LogP contribution in [0.2, 0.25) is 5.02 Å². The summed E-state index contributed by atoms with van der Waals surface area (Å²) in [4.78, 5) is 0. The Labute approximate surface area is 122 Å². The summed E-state index contributed by atoms with van der Waals surface area (Å²) < 4.78 is 0. The van der Waals surface area contributed by atoms with E-state index >= 15 is 0 Å². The summed E-state index contributed by atoms with van der Waals surface area (Å²) in [6.45, 7) is 0.490. The molecule has 1 atom stereocenters. The molecule has 0 spiro atoms. The van der Waals surface area contributed by atoms with Gasteiger partial charge in [0.05, 0.1) is 16.6 Å². The molecule has 0 bridgehead atoms. The lowest BCUT2D eigenvalue weighted by molar-refractivity contribution is 0.316. The molecule has 0 aliphatic heterocycles. The standard InChI is InChI=1S/C15H16ClN3O/c16-13-8-4-5-9-14(13)18-10-12(15(17)19-20)11-6-2-1-3-7-11/h1-9,12,18,20H,10H2,(H2,17,19). The number of anilines is 1. The van der Waals surface area contributed by atoms with Crippen molar-refractivity contribution >= 4 is 23.1 Å². The first-order valence-corrected chi connectivity index (χ1v) is 6.61. The van der Waals surface area contributed by atoms with Crippen molar-refractivity contribution in [3.63, 3.8) is 0 Å². The van der Waals surface area contributed by atoms with Crippen LogP contribution in [0.5, 0.6) is 0 Å². The molecule has 20 heavy (non-hydrogen) atoms. The summed E-state index contributed by atoms with van der Waals surface area (Å²) in [6, 6.07) is 17.1. The summed E-state index contributed by atoms with van der Waals surface area (Å²) >= 11 is 6.09. The van der Waals surface area contributed by atoms with Crippen LogP contribution in [0, 0.1) is 0 Å². The summed E-state index contributed by atoms with van der Waals surface area (Å²) in [7, 11) is 0. The fourth-order valence-corrected chi connectivity index (χ4v) is 2.17. The predicted octanol–water partition coefficient (Wildman–Crippen LogP) is 3.28. The molecule has 0 aliphatic rings. The highest BCUT2D eigenvalue weighted by Crippen LogP contribution is 2.23. The Morgan fingerprint density at radius 1 is 1.15 bits per heavy atom. The molecule has 0 amide bonds. The van der Waals surface area contributed by atoms with Gasteiger partial charge in [-0.2, -0.15) is 0 Å². The van der Waals surface area contributed by atoms with E-state index in [-0.39, 0.29) is 11.8 Å². The summed E-state index contributed by atoms with van der Waals surface area (Å²) in [5.74, 6) is -0.0618. The van der Waals surface area contributed by atoms with E-state index in [0.29, 0.717) is 11.6 Å². The van der Waals surface area contributed by atoms with Gasteiger partial charge in [-0.05, 0) is 17.7 Å². The molecule has 4 nitrogen and oxygen atoms in total. The fraction of sp³-hybridized carbons (Fsp3) is 0.133. The normalized spacial score (nSPS) is 12.9. The van der Waals surface area contributed by atoms with Crippen LogP contribution in [-0.2, 0) is 0 Å². The Hall–Kier alpha value is -2.20. The lowest BCUT2D eigenvalue weighted by Crippen LogP contribution is -2.28. The third-order valence-electron chi connectivity index (χ3n) is 3.04. The third kappa shape index (κ3) is 3.42. The highest BCUT2D eigenvalue weighted by molar-refractivity contribution is 6.33. The number of rotatable bonds is 5. The van der Waals surface area contributed by atoms with Gasteiger partial charge in [0.15, 0.2) is 0 Å². The SMILES string of the molecule is NC(=NO)C(CNc1ccccc1Cl)c1ccccc1. The minimum atomic E-state index is -0.225. The fourth-order valence-electron chi connectivity index (χ4n) is 1.96. The molecule has 4 N–H and O–H groups in total. The van der Waals surface area contributed by atoms with Gasteiger partial charge in [-0.15, -0.1) is 0 Å². The van der Waals surface area contributed by atoms with Crippen LogP contribution in [0.25, 0.3) is 0 Å². The van der Waals surface area contributed by atoms with Gasteiger partial charge in [0.25, 0.3) is 0 Å². The van der Waals surface area contributed by atoms with E-state index in [1.54, 1.807) is 0 Å². The first-order valence-electron chi connectivity index (χ1n) is 6.23. The Morgan fingerprint density at radius 2 is 1.80 bits per heavy atom. The van der Waals surface area contributed by atoms with Gasteiger partial charge in [-0.1, -0.05) is 59.2 Å². The molecule has 2 aromatic rings. The van der Waals surface area contributed by atoms with Gasteiger partial charge in [-0.3, -0.25) is 0 Å². The molecule has 2 rings (SSSR count). The first kappa shape index (κ1) is 14.2. The monoisotopic (exact) mass is 289 g/mol. The maximum atomic E-state index is 8.93. The van der Waals surface area contributed by atoms with Crippen molar-refractivity contribution < 1.29 is 5.21 Å². The van der Waals surface area contributed by atoms with Crippen molar-refractivity contribution in [1.29, 1.82) is 0 Å². The molecule has 0 radical (unpaired) electrons. The molecule has 0 heterocycles. The van der Waals surface area contributed by atoms with Crippen LogP contribution in [0.4, 0.5) is 5.69 Å². The van der Waals surface area contributed by atoms with Crippen molar-refractivity contribution in [2.45, 2.75) is 5.92 Å². The molecule has 1 unspecified atom stereocenters. The quantitative estimate of drug-likeness (QED) is 0.342. The zero-order chi connectivity index (χ0) is 14.4. The number of hydrogen-bond donors (Lipinski definition) is 3. The lowest BCUT2D eigenvalue weighted by Gasteiger charge is -2.18. The van der Waals surface area contributed by atoms with E-state index in [1.165, 1.54) is 0 Å². The van der Waals surface area contributed by atoms with Crippen molar-refractivity contribution in [3.05, 3.63) is 65.2 Å². The molecule has 0 aromatic heterocycles. The molecule has 0 saturated heterocycles. The molecule has 0 fully saturated rings. The molecule has 5 heteroatoms. The van der Waals surface area contributed by atoms with Gasteiger partial charge in [0, 0.05) is 6.54 Å². The topological polar surface area (TPSA) is 70.6 Å². The van der Waals surface area contributed by atoms with E-state index in [4.69, 9.17) is 22.5 Å². The summed E-state index contributed by atoms with van der Waals surface area (Å²) in [6.07, 6.45) is 0. The maximum absolute atomic E-state index is 8.93. The number of nitrogens with two attached hydrogens (primary N) is 1. The first-order chi connectivity index (χ1) is 9.72. The van der Waals surface area contributed by atoms with Crippen LogP contribution in [0.15, 0.2) is 59.8 Å². The second-order valence-electron chi connectivity index (χ2n) is 4.35. The Kier molecular flexibility index (Phi) is 4.85. The minimum Gasteiger partial charge on any atom is -0.409 e. The molecular formula is C15H16ClN3O. The number of hydrogen-bond acceptors (Lipinski definition) is 3. The summed E-state index contributed by atoms with van der Waals surface area (Å²) in [5, 5.41) is 15.9. The average molecular weight is 290 g/mol. The van der Waals surface area contributed by atoms with Crippen molar-refractivity contribution in [1.82, 2.24) is 0 Å². The van der Waals surface area contributed by atoms with Crippen molar-refractivity contribution in [3.8, 4) is 0 Å². The van der Waals surface area contributed by atoms with Crippen molar-refractivity contribution in [2.75, 3.05) is 11.9 Å². The molecule has 0 aliphatic carbocycles. The number of amidine groups is 1. The number of nitrogens with one attached hydrogen (secondary N) is 1. The van der Waals surface area contributed by atoms with Gasteiger partial charge in [0.2, 0.25) is 0 Å². The second-order valence-corrected chi connectivity index (χ2v) is 4.76. The van der Waals surface area contributed by atoms with Crippen LogP contribution in [-0.4, -0.2) is 17.6 Å². The number of para-hydroxylation sites is 1. The highest BCUT2D eigenvalue weighted by Gasteiger charge is 2.16. The predicted molar refractivity (Wildman–Crippen MR) is 82.5 cm³/mol. The van der Waals surface area contributed by atoms with E-state index in [0.717, 1.165) is 11.3 Å². The number of benzene rings is 2. The van der Waals surface area contributed by atoms with Crippen LogP contribution in [0.1, 0.15) is 11.5 Å². The average Bonchev–Trinajstić information content (AvgIpc) is 2.50. The maximum Gasteiger partial charge on any atom is 0.148 e. The van der Waals surface area contributed by atoms with Gasteiger partial charge < -0.3 is 16.3 Å². The van der Waals surface area contributed by atoms with Gasteiger partial charge in [0.1, 0.15) is 5.84 Å². The zero-order valence-electron chi connectivity index (χ0n) is 10.8. The molecular weight excluding hydrogens is 274 g/mol.